The third kappa shape index (κ3) is 2.10. The molecule has 2 aromatic rings. The van der Waals surface area contributed by atoms with Crippen LogP contribution in [0.3, 0.4) is 0 Å². The molecule has 5 nitrogen and oxygen atoms in total. The zero-order chi connectivity index (χ0) is 14.3. The van der Waals surface area contributed by atoms with Crippen molar-refractivity contribution in [2.75, 3.05) is 0 Å². The molecule has 1 aliphatic rings. The Morgan fingerprint density at radius 2 is 2.05 bits per heavy atom. The number of aryl methyl sites for hydroxylation is 1. The summed E-state index contributed by atoms with van der Waals surface area (Å²) in [5, 5.41) is 22.6. The van der Waals surface area contributed by atoms with Crippen LogP contribution in [0, 0.1) is 0 Å². The van der Waals surface area contributed by atoms with Gasteiger partial charge in [-0.25, -0.2) is 4.79 Å². The minimum Gasteiger partial charge on any atom is -0.506 e. The van der Waals surface area contributed by atoms with Gasteiger partial charge in [0.05, 0.1) is 10.0 Å². The monoisotopic (exact) mass is 337 g/mol. The van der Waals surface area contributed by atoms with Crippen LogP contribution in [0.2, 0.25) is 0 Å². The van der Waals surface area contributed by atoms with E-state index < -0.39 is 5.97 Å². The molecule has 0 bridgehead atoms. The second kappa shape index (κ2) is 4.94. The van der Waals surface area contributed by atoms with Crippen LogP contribution in [-0.4, -0.2) is 21.3 Å². The molecule has 20 heavy (non-hydrogen) atoms. The van der Waals surface area contributed by atoms with Crippen LogP contribution >= 0.6 is 15.9 Å². The molecule has 0 aliphatic heterocycles. The number of carboxylic acid groups (broad SMARTS) is 1. The highest BCUT2D eigenvalue weighted by Gasteiger charge is 2.22. The number of hydrogen-bond donors (Lipinski definition) is 2. The molecule has 2 N–H and O–H groups in total. The molecular formula is C14H12BrNO4. The molecule has 3 rings (SSSR count). The van der Waals surface area contributed by atoms with Gasteiger partial charge in [-0.05, 0) is 58.8 Å². The van der Waals surface area contributed by atoms with E-state index in [1.165, 1.54) is 6.07 Å². The van der Waals surface area contributed by atoms with Crippen molar-refractivity contribution >= 4 is 21.9 Å². The van der Waals surface area contributed by atoms with E-state index in [4.69, 9.17) is 9.63 Å². The van der Waals surface area contributed by atoms with Crippen molar-refractivity contribution in [1.29, 1.82) is 0 Å². The standard InChI is InChI=1S/C14H12BrNO4/c15-12-8-4-2-1-3-7(8)5-9(13(12)17)11-6-10(14(18)19)16-20-11/h5-6,17H,1-4H2,(H,18,19). The summed E-state index contributed by atoms with van der Waals surface area (Å²) in [6.45, 7) is 0. The van der Waals surface area contributed by atoms with Crippen molar-refractivity contribution < 1.29 is 19.5 Å². The first kappa shape index (κ1) is 13.2. The molecular weight excluding hydrogens is 326 g/mol. The molecule has 0 saturated heterocycles. The number of phenolic OH excluding ortho intramolecular Hbond substituents is 1. The first-order valence-corrected chi connectivity index (χ1v) is 7.11. The number of rotatable bonds is 2. The van der Waals surface area contributed by atoms with Gasteiger partial charge in [0.1, 0.15) is 5.75 Å². The van der Waals surface area contributed by atoms with Crippen LogP contribution in [0.25, 0.3) is 11.3 Å². The van der Waals surface area contributed by atoms with Gasteiger partial charge in [-0.15, -0.1) is 0 Å². The van der Waals surface area contributed by atoms with E-state index in [2.05, 4.69) is 21.1 Å². The summed E-state index contributed by atoms with van der Waals surface area (Å²) in [7, 11) is 0. The number of carbonyl (C=O) groups is 1. The summed E-state index contributed by atoms with van der Waals surface area (Å²) in [6.07, 6.45) is 4.10. The van der Waals surface area contributed by atoms with Gasteiger partial charge in [-0.3, -0.25) is 0 Å². The highest BCUT2D eigenvalue weighted by molar-refractivity contribution is 9.10. The van der Waals surface area contributed by atoms with Crippen molar-refractivity contribution in [2.24, 2.45) is 0 Å². The molecule has 0 saturated carbocycles. The van der Waals surface area contributed by atoms with Crippen LogP contribution in [0.15, 0.2) is 21.1 Å². The Labute approximate surface area is 123 Å². The third-order valence-electron chi connectivity index (χ3n) is 3.55. The van der Waals surface area contributed by atoms with E-state index in [0.29, 0.717) is 10.0 Å². The summed E-state index contributed by atoms with van der Waals surface area (Å²) in [4.78, 5) is 10.8. The molecule has 0 atom stereocenters. The fourth-order valence-corrected chi connectivity index (χ4v) is 3.20. The van der Waals surface area contributed by atoms with E-state index in [0.717, 1.165) is 36.8 Å². The fraction of sp³-hybridized carbons (Fsp3) is 0.286. The third-order valence-corrected chi connectivity index (χ3v) is 4.41. The van der Waals surface area contributed by atoms with Gasteiger partial charge in [0.25, 0.3) is 0 Å². The molecule has 104 valence electrons. The Morgan fingerprint density at radius 1 is 1.30 bits per heavy atom. The van der Waals surface area contributed by atoms with Crippen molar-refractivity contribution in [3.05, 3.63) is 33.4 Å². The molecule has 0 fully saturated rings. The van der Waals surface area contributed by atoms with Crippen LogP contribution in [0.5, 0.6) is 5.75 Å². The molecule has 1 aromatic heterocycles. The maximum Gasteiger partial charge on any atom is 0.358 e. The Hall–Kier alpha value is -1.82. The lowest BCUT2D eigenvalue weighted by molar-refractivity contribution is 0.0686. The number of benzene rings is 1. The maximum atomic E-state index is 10.8. The van der Waals surface area contributed by atoms with Crippen LogP contribution < -0.4 is 0 Å². The Kier molecular flexibility index (Phi) is 3.25. The molecule has 6 heteroatoms. The van der Waals surface area contributed by atoms with E-state index in [1.54, 1.807) is 0 Å². The van der Waals surface area contributed by atoms with Gasteiger partial charge >= 0.3 is 5.97 Å². The summed E-state index contributed by atoms with van der Waals surface area (Å²) >= 11 is 3.42. The number of fused-ring (bicyclic) bond motifs is 1. The van der Waals surface area contributed by atoms with Crippen LogP contribution in [0.4, 0.5) is 0 Å². The lowest BCUT2D eigenvalue weighted by atomic mass is 9.89. The Balaban J connectivity index is 2.13. The quantitative estimate of drug-likeness (QED) is 0.877. The topological polar surface area (TPSA) is 83.6 Å². The summed E-state index contributed by atoms with van der Waals surface area (Å²) < 4.78 is 5.69. The van der Waals surface area contributed by atoms with Crippen LogP contribution in [0.1, 0.15) is 34.5 Å². The lowest BCUT2D eigenvalue weighted by Gasteiger charge is -2.19. The molecule has 1 heterocycles. The van der Waals surface area contributed by atoms with E-state index >= 15 is 0 Å². The van der Waals surface area contributed by atoms with Gasteiger partial charge in [0, 0.05) is 6.07 Å². The highest BCUT2D eigenvalue weighted by Crippen LogP contribution is 2.42. The number of aromatic nitrogens is 1. The predicted octanol–water partition coefficient (Wildman–Crippen LogP) is 3.39. The van der Waals surface area contributed by atoms with Crippen molar-refractivity contribution in [3.8, 4) is 17.1 Å². The highest BCUT2D eigenvalue weighted by atomic mass is 79.9. The molecule has 1 aromatic carbocycles. The van der Waals surface area contributed by atoms with Crippen molar-refractivity contribution in [1.82, 2.24) is 5.16 Å². The minimum atomic E-state index is -1.16. The Morgan fingerprint density at radius 3 is 2.75 bits per heavy atom. The Bertz CT molecular complexity index is 693. The van der Waals surface area contributed by atoms with Crippen molar-refractivity contribution in [3.63, 3.8) is 0 Å². The maximum absolute atomic E-state index is 10.8. The first-order chi connectivity index (χ1) is 9.58. The number of aromatic carboxylic acids is 1. The van der Waals surface area contributed by atoms with Gasteiger partial charge in [-0.1, -0.05) is 5.16 Å². The SMILES string of the molecule is O=C(O)c1cc(-c2cc3c(c(Br)c2O)CCCC3)on1. The number of nitrogens with zero attached hydrogens (tertiary/aromatic N) is 1. The van der Waals surface area contributed by atoms with Gasteiger partial charge in [0.15, 0.2) is 11.5 Å². The smallest absolute Gasteiger partial charge is 0.358 e. The summed E-state index contributed by atoms with van der Waals surface area (Å²) in [5.74, 6) is -0.829. The molecule has 0 radical (unpaired) electrons. The number of phenols is 1. The molecule has 0 unspecified atom stereocenters. The number of hydrogen-bond acceptors (Lipinski definition) is 4. The second-order valence-electron chi connectivity index (χ2n) is 4.81. The zero-order valence-electron chi connectivity index (χ0n) is 10.5. The predicted molar refractivity (Wildman–Crippen MR) is 74.9 cm³/mol. The number of carboxylic acids is 1. The molecule has 0 amide bonds. The van der Waals surface area contributed by atoms with E-state index in [-0.39, 0.29) is 17.2 Å². The minimum absolute atomic E-state index is 0.0683. The zero-order valence-corrected chi connectivity index (χ0v) is 12.1. The summed E-state index contributed by atoms with van der Waals surface area (Å²) in [6, 6.07) is 3.18. The second-order valence-corrected chi connectivity index (χ2v) is 5.61. The van der Waals surface area contributed by atoms with Crippen LogP contribution in [-0.2, 0) is 12.8 Å². The van der Waals surface area contributed by atoms with Gasteiger partial charge in [-0.2, -0.15) is 0 Å². The lowest BCUT2D eigenvalue weighted by Crippen LogP contribution is -2.04. The first-order valence-electron chi connectivity index (χ1n) is 6.31. The molecule has 0 spiro atoms. The average Bonchev–Trinajstić information content (AvgIpc) is 2.92. The number of aromatic hydroxyl groups is 1. The van der Waals surface area contributed by atoms with E-state index in [9.17, 15) is 9.90 Å². The van der Waals surface area contributed by atoms with Gasteiger partial charge < -0.3 is 14.7 Å². The number of halogens is 1. The fourth-order valence-electron chi connectivity index (χ4n) is 2.53. The average molecular weight is 338 g/mol. The molecule has 1 aliphatic carbocycles. The largest absolute Gasteiger partial charge is 0.506 e. The van der Waals surface area contributed by atoms with Gasteiger partial charge in [0.2, 0.25) is 0 Å². The van der Waals surface area contributed by atoms with Crippen molar-refractivity contribution in [2.45, 2.75) is 25.7 Å². The van der Waals surface area contributed by atoms with E-state index in [1.807, 2.05) is 6.07 Å². The normalized spacial score (nSPS) is 14.1. The summed E-state index contributed by atoms with van der Waals surface area (Å²) in [5.41, 5.74) is 2.57.